The van der Waals surface area contributed by atoms with Gasteiger partial charge in [-0.2, -0.15) is 5.10 Å². The van der Waals surface area contributed by atoms with E-state index >= 15 is 0 Å². The highest BCUT2D eigenvalue weighted by molar-refractivity contribution is 8.18. The van der Waals surface area contributed by atoms with E-state index in [2.05, 4.69) is 5.10 Å². The van der Waals surface area contributed by atoms with Gasteiger partial charge in [-0.3, -0.25) is 19.2 Å². The second-order valence-electron chi connectivity index (χ2n) is 8.65. The fourth-order valence-electron chi connectivity index (χ4n) is 4.25. The molecule has 6 nitrogen and oxygen atoms in total. The molecular formula is C24H22ClFN4O2S. The van der Waals surface area contributed by atoms with E-state index in [4.69, 9.17) is 17.3 Å². The highest BCUT2D eigenvalue weighted by Crippen LogP contribution is 2.37. The van der Waals surface area contributed by atoms with Crippen molar-refractivity contribution in [3.05, 3.63) is 69.2 Å². The highest BCUT2D eigenvalue weighted by atomic mass is 35.5. The van der Waals surface area contributed by atoms with E-state index in [9.17, 15) is 14.0 Å². The summed E-state index contributed by atoms with van der Waals surface area (Å²) >= 11 is 6.92. The molecule has 2 fully saturated rings. The Balaban J connectivity index is 1.37. The zero-order chi connectivity index (χ0) is 23.2. The number of benzene rings is 2. The molecule has 0 atom stereocenters. The molecule has 5 rings (SSSR count). The van der Waals surface area contributed by atoms with Crippen LogP contribution >= 0.6 is 23.4 Å². The minimum atomic E-state index is -0.598. The lowest BCUT2D eigenvalue weighted by molar-refractivity contribution is -0.123. The van der Waals surface area contributed by atoms with Crippen LogP contribution in [0, 0.1) is 0 Å². The van der Waals surface area contributed by atoms with Crippen LogP contribution in [-0.4, -0.2) is 37.9 Å². The van der Waals surface area contributed by atoms with Crippen LogP contribution in [0.5, 0.6) is 0 Å². The van der Waals surface area contributed by atoms with Crippen LogP contribution in [0.3, 0.4) is 0 Å². The SMILES string of the molecule is NC1(CN2C(=O)S/C(=C\c3ccc4c(cnn4Cc4ccc(Cl)cc4CF)c3)C2=O)CCC1. The van der Waals surface area contributed by atoms with Crippen LogP contribution in [0.1, 0.15) is 36.0 Å². The lowest BCUT2D eigenvalue weighted by Crippen LogP contribution is -2.55. The number of amides is 2. The maximum atomic E-state index is 13.4. The minimum Gasteiger partial charge on any atom is -0.324 e. The number of halogens is 2. The van der Waals surface area contributed by atoms with Crippen LogP contribution in [0.4, 0.5) is 9.18 Å². The van der Waals surface area contributed by atoms with E-state index in [0.29, 0.717) is 22.0 Å². The number of alkyl halides is 1. The van der Waals surface area contributed by atoms with Gasteiger partial charge in [-0.15, -0.1) is 0 Å². The first-order valence-corrected chi connectivity index (χ1v) is 11.9. The predicted octanol–water partition coefficient (Wildman–Crippen LogP) is 5.13. The number of hydrogen-bond donors (Lipinski definition) is 1. The maximum absolute atomic E-state index is 13.4. The first kappa shape index (κ1) is 22.1. The highest BCUT2D eigenvalue weighted by Gasteiger charge is 2.42. The van der Waals surface area contributed by atoms with E-state index in [1.54, 1.807) is 29.1 Å². The zero-order valence-corrected chi connectivity index (χ0v) is 19.3. The monoisotopic (exact) mass is 484 g/mol. The lowest BCUT2D eigenvalue weighted by Gasteiger charge is -2.39. The molecule has 9 heteroatoms. The van der Waals surface area contributed by atoms with Gasteiger partial charge in [0.1, 0.15) is 6.67 Å². The third-order valence-corrected chi connectivity index (χ3v) is 7.43. The molecule has 0 unspecified atom stereocenters. The van der Waals surface area contributed by atoms with Crippen molar-refractivity contribution >= 4 is 51.5 Å². The van der Waals surface area contributed by atoms with Gasteiger partial charge in [-0.1, -0.05) is 23.7 Å². The van der Waals surface area contributed by atoms with Gasteiger partial charge in [-0.05, 0) is 78.1 Å². The molecule has 3 aromatic rings. The van der Waals surface area contributed by atoms with Crippen molar-refractivity contribution in [1.29, 1.82) is 0 Å². The van der Waals surface area contributed by atoms with Gasteiger partial charge >= 0.3 is 0 Å². The second-order valence-corrected chi connectivity index (χ2v) is 10.1. The number of nitrogens with zero attached hydrogens (tertiary/aromatic N) is 3. The smallest absolute Gasteiger partial charge is 0.293 e. The van der Waals surface area contributed by atoms with Gasteiger partial charge < -0.3 is 5.73 Å². The number of rotatable bonds is 6. The largest absolute Gasteiger partial charge is 0.324 e. The fourth-order valence-corrected chi connectivity index (χ4v) is 5.28. The number of nitrogens with two attached hydrogens (primary N) is 1. The molecule has 1 aromatic heterocycles. The van der Waals surface area contributed by atoms with E-state index in [1.165, 1.54) is 4.90 Å². The Kier molecular flexibility index (Phi) is 5.76. The van der Waals surface area contributed by atoms with Gasteiger partial charge in [0.15, 0.2) is 0 Å². The Morgan fingerprint density at radius 3 is 2.73 bits per heavy atom. The summed E-state index contributed by atoms with van der Waals surface area (Å²) in [5.74, 6) is -0.293. The number of aromatic nitrogens is 2. The molecule has 1 saturated heterocycles. The quantitative estimate of drug-likeness (QED) is 0.491. The number of thioether (sulfide) groups is 1. The lowest BCUT2D eigenvalue weighted by atomic mass is 9.77. The summed E-state index contributed by atoms with van der Waals surface area (Å²) in [5.41, 5.74) is 8.84. The molecule has 1 saturated carbocycles. The molecule has 1 aliphatic carbocycles. The van der Waals surface area contributed by atoms with Crippen LogP contribution in [0.2, 0.25) is 5.02 Å². The molecule has 2 N–H and O–H groups in total. The summed E-state index contributed by atoms with van der Waals surface area (Å²) in [6, 6.07) is 10.9. The molecule has 2 aromatic carbocycles. The predicted molar refractivity (Wildman–Crippen MR) is 129 cm³/mol. The molecule has 0 bridgehead atoms. The summed E-state index contributed by atoms with van der Waals surface area (Å²) in [7, 11) is 0. The van der Waals surface area contributed by atoms with Crippen molar-refractivity contribution in [3.63, 3.8) is 0 Å². The van der Waals surface area contributed by atoms with Gasteiger partial charge in [0.05, 0.1) is 23.2 Å². The van der Waals surface area contributed by atoms with Crippen LogP contribution in [0.25, 0.3) is 17.0 Å². The summed E-state index contributed by atoms with van der Waals surface area (Å²) in [4.78, 5) is 26.8. The molecule has 1 aliphatic heterocycles. The zero-order valence-electron chi connectivity index (χ0n) is 17.8. The third kappa shape index (κ3) is 4.30. The Hall–Kier alpha value is -2.68. The molecule has 33 heavy (non-hydrogen) atoms. The first-order chi connectivity index (χ1) is 15.8. The molecule has 2 aliphatic rings. The van der Waals surface area contributed by atoms with Crippen molar-refractivity contribution in [3.8, 4) is 0 Å². The molecular weight excluding hydrogens is 463 g/mol. The molecule has 0 radical (unpaired) electrons. The summed E-state index contributed by atoms with van der Waals surface area (Å²) < 4.78 is 15.2. The molecule has 2 heterocycles. The van der Waals surface area contributed by atoms with Gasteiger partial charge in [-0.25, -0.2) is 4.39 Å². The Morgan fingerprint density at radius 2 is 2.00 bits per heavy atom. The maximum Gasteiger partial charge on any atom is 0.293 e. The third-order valence-electron chi connectivity index (χ3n) is 6.29. The second kappa shape index (κ2) is 8.59. The Labute approximate surface area is 199 Å². The first-order valence-electron chi connectivity index (χ1n) is 10.7. The van der Waals surface area contributed by atoms with Crippen LogP contribution in [-0.2, 0) is 18.0 Å². The summed E-state index contributed by atoms with van der Waals surface area (Å²) in [5, 5.41) is 5.56. The molecule has 2 amide bonds. The average molecular weight is 485 g/mol. The van der Waals surface area contributed by atoms with Gasteiger partial charge in [0.25, 0.3) is 11.1 Å². The number of imide groups is 1. The molecule has 170 valence electrons. The Morgan fingerprint density at radius 1 is 1.18 bits per heavy atom. The normalized spacial score (nSPS) is 19.0. The van der Waals surface area contributed by atoms with Gasteiger partial charge in [0.2, 0.25) is 0 Å². The number of hydrogen-bond acceptors (Lipinski definition) is 5. The number of fused-ring (bicyclic) bond motifs is 1. The Bertz CT molecular complexity index is 1300. The average Bonchev–Trinajstić information content (AvgIpc) is 3.29. The van der Waals surface area contributed by atoms with Crippen LogP contribution < -0.4 is 5.73 Å². The van der Waals surface area contributed by atoms with Crippen molar-refractivity contribution in [2.75, 3.05) is 6.54 Å². The van der Waals surface area contributed by atoms with Gasteiger partial charge in [0, 0.05) is 22.5 Å². The van der Waals surface area contributed by atoms with Crippen LogP contribution in [0.15, 0.2) is 47.5 Å². The summed E-state index contributed by atoms with van der Waals surface area (Å²) in [6.45, 7) is 0.0882. The van der Waals surface area contributed by atoms with E-state index in [-0.39, 0.29) is 17.7 Å². The van der Waals surface area contributed by atoms with Crippen molar-refractivity contribution < 1.29 is 14.0 Å². The number of carbonyl (C=O) groups excluding carboxylic acids is 2. The molecule has 0 spiro atoms. The fraction of sp³-hybridized carbons (Fsp3) is 0.292. The summed E-state index contributed by atoms with van der Waals surface area (Å²) in [6.07, 6.45) is 6.15. The number of carbonyl (C=O) groups is 2. The van der Waals surface area contributed by atoms with E-state index in [1.807, 2.05) is 24.3 Å². The van der Waals surface area contributed by atoms with Crippen molar-refractivity contribution in [2.45, 2.75) is 38.0 Å². The topological polar surface area (TPSA) is 81.2 Å². The standard InChI is InChI=1S/C24H22ClFN4O2S/c25-19-4-3-16(17(10-19)11-26)13-30-20-5-2-15(8-18(20)12-28-30)9-21-22(31)29(23(32)33-21)14-24(27)6-1-7-24/h2-5,8-10,12H,1,6-7,11,13-14,27H2/b21-9-. The van der Waals surface area contributed by atoms with Crippen molar-refractivity contribution in [2.24, 2.45) is 5.73 Å². The minimum absolute atomic E-state index is 0.270. The van der Waals surface area contributed by atoms with Crippen molar-refractivity contribution in [1.82, 2.24) is 14.7 Å². The van der Waals surface area contributed by atoms with E-state index < -0.39 is 12.2 Å². The van der Waals surface area contributed by atoms with E-state index in [0.717, 1.165) is 53.1 Å².